The zero-order valence-electron chi connectivity index (χ0n) is 10.7. The fourth-order valence-electron chi connectivity index (χ4n) is 2.31. The van der Waals surface area contributed by atoms with Gasteiger partial charge in [-0.15, -0.1) is 0 Å². The fourth-order valence-corrected chi connectivity index (χ4v) is 2.47. The van der Waals surface area contributed by atoms with Crippen molar-refractivity contribution in [3.63, 3.8) is 0 Å². The highest BCUT2D eigenvalue weighted by Gasteiger charge is 2.24. The van der Waals surface area contributed by atoms with Crippen LogP contribution < -0.4 is 0 Å². The van der Waals surface area contributed by atoms with E-state index < -0.39 is 0 Å². The van der Waals surface area contributed by atoms with Crippen molar-refractivity contribution < 1.29 is 0 Å². The molecule has 1 rings (SSSR count). The molecule has 0 nitrogen and oxygen atoms in total. The van der Waals surface area contributed by atoms with Gasteiger partial charge >= 0.3 is 0 Å². The second-order valence-electron chi connectivity index (χ2n) is 5.18. The molecule has 0 atom stereocenters. The maximum absolute atomic E-state index is 4.48. The second kappa shape index (κ2) is 4.21. The van der Waals surface area contributed by atoms with E-state index in [9.17, 15) is 0 Å². The summed E-state index contributed by atoms with van der Waals surface area (Å²) in [7, 11) is 0. The fraction of sp³-hybridized carbons (Fsp3) is 0.571. The molecule has 0 aliphatic heterocycles. The molecular formula is C14H22S. The van der Waals surface area contributed by atoms with Crippen LogP contribution in [-0.2, 0) is 5.41 Å². The van der Waals surface area contributed by atoms with Gasteiger partial charge in [0.25, 0.3) is 0 Å². The molecule has 0 amide bonds. The van der Waals surface area contributed by atoms with Gasteiger partial charge in [0.2, 0.25) is 0 Å². The third-order valence-corrected chi connectivity index (χ3v) is 4.23. The van der Waals surface area contributed by atoms with E-state index >= 15 is 0 Å². The third kappa shape index (κ3) is 2.23. The zero-order valence-corrected chi connectivity index (χ0v) is 11.6. The van der Waals surface area contributed by atoms with Crippen LogP contribution in [-0.4, -0.2) is 5.75 Å². The van der Waals surface area contributed by atoms with Gasteiger partial charge in [-0.3, -0.25) is 0 Å². The SMILES string of the molecule is Cc1cc(C)c(C)c(C(C)(C)CS)c1C. The number of hydrogen-bond acceptors (Lipinski definition) is 1. The highest BCUT2D eigenvalue weighted by molar-refractivity contribution is 7.80. The van der Waals surface area contributed by atoms with Gasteiger partial charge in [-0.2, -0.15) is 12.6 Å². The Morgan fingerprint density at radius 3 is 1.73 bits per heavy atom. The highest BCUT2D eigenvalue weighted by Crippen LogP contribution is 2.33. The molecule has 0 bridgehead atoms. The summed E-state index contributed by atoms with van der Waals surface area (Å²) in [6, 6.07) is 2.28. The summed E-state index contributed by atoms with van der Waals surface area (Å²) in [6.45, 7) is 13.4. The molecule has 0 fully saturated rings. The molecule has 0 spiro atoms. The Labute approximate surface area is 99.5 Å². The molecule has 0 aromatic heterocycles. The Hall–Kier alpha value is -0.430. The van der Waals surface area contributed by atoms with Crippen LogP contribution in [0, 0.1) is 27.7 Å². The monoisotopic (exact) mass is 222 g/mol. The third-order valence-electron chi connectivity index (χ3n) is 3.44. The lowest BCUT2D eigenvalue weighted by Gasteiger charge is -2.29. The van der Waals surface area contributed by atoms with Crippen molar-refractivity contribution in [3.8, 4) is 0 Å². The van der Waals surface area contributed by atoms with Crippen molar-refractivity contribution in [2.45, 2.75) is 47.0 Å². The Kier molecular flexibility index (Phi) is 3.55. The molecule has 1 aromatic rings. The first-order chi connectivity index (χ1) is 6.81. The zero-order chi connectivity index (χ0) is 11.8. The average molecular weight is 222 g/mol. The van der Waals surface area contributed by atoms with E-state index in [2.05, 4.69) is 60.2 Å². The van der Waals surface area contributed by atoms with E-state index in [1.807, 2.05) is 0 Å². The molecule has 15 heavy (non-hydrogen) atoms. The number of rotatable bonds is 2. The quantitative estimate of drug-likeness (QED) is 0.715. The lowest BCUT2D eigenvalue weighted by Crippen LogP contribution is -2.23. The van der Waals surface area contributed by atoms with Crippen LogP contribution in [0.5, 0.6) is 0 Å². The maximum atomic E-state index is 4.48. The lowest BCUT2D eigenvalue weighted by atomic mass is 9.78. The number of benzene rings is 1. The number of thiol groups is 1. The van der Waals surface area contributed by atoms with Gasteiger partial charge in [-0.1, -0.05) is 19.9 Å². The normalized spacial score (nSPS) is 11.9. The van der Waals surface area contributed by atoms with E-state index in [1.165, 1.54) is 27.8 Å². The highest BCUT2D eigenvalue weighted by atomic mass is 32.1. The van der Waals surface area contributed by atoms with E-state index in [-0.39, 0.29) is 5.41 Å². The summed E-state index contributed by atoms with van der Waals surface area (Å²) < 4.78 is 0. The first-order valence-corrected chi connectivity index (χ1v) is 6.13. The summed E-state index contributed by atoms with van der Waals surface area (Å²) >= 11 is 4.48. The number of hydrogen-bond donors (Lipinski definition) is 1. The van der Waals surface area contributed by atoms with Gasteiger partial charge in [-0.25, -0.2) is 0 Å². The van der Waals surface area contributed by atoms with Gasteiger partial charge < -0.3 is 0 Å². The molecule has 1 heteroatoms. The molecule has 0 heterocycles. The van der Waals surface area contributed by atoms with Crippen LogP contribution in [0.2, 0.25) is 0 Å². The van der Waals surface area contributed by atoms with Crippen molar-refractivity contribution in [2.24, 2.45) is 0 Å². The molecule has 0 aliphatic rings. The van der Waals surface area contributed by atoms with Crippen molar-refractivity contribution in [1.82, 2.24) is 0 Å². The van der Waals surface area contributed by atoms with Crippen LogP contribution >= 0.6 is 12.6 Å². The van der Waals surface area contributed by atoms with Gasteiger partial charge in [-0.05, 0) is 66.7 Å². The lowest BCUT2D eigenvalue weighted by molar-refractivity contribution is 0.593. The van der Waals surface area contributed by atoms with Gasteiger partial charge in [0.15, 0.2) is 0 Å². The minimum Gasteiger partial charge on any atom is -0.178 e. The number of aryl methyl sites for hydroxylation is 2. The molecule has 0 radical (unpaired) electrons. The smallest absolute Gasteiger partial charge is 0.000563 e. The Morgan fingerprint density at radius 2 is 1.40 bits per heavy atom. The van der Waals surface area contributed by atoms with Gasteiger partial charge in [0.05, 0.1) is 0 Å². The average Bonchev–Trinajstić information content (AvgIpc) is 2.15. The predicted octanol–water partition coefficient (Wildman–Crippen LogP) is 4.13. The van der Waals surface area contributed by atoms with E-state index in [0.29, 0.717) is 0 Å². The summed E-state index contributed by atoms with van der Waals surface area (Å²) in [6.07, 6.45) is 0. The van der Waals surface area contributed by atoms with Crippen LogP contribution in [0.3, 0.4) is 0 Å². The largest absolute Gasteiger partial charge is 0.178 e. The second-order valence-corrected chi connectivity index (χ2v) is 5.49. The van der Waals surface area contributed by atoms with Crippen molar-refractivity contribution in [3.05, 3.63) is 33.9 Å². The maximum Gasteiger partial charge on any atom is -0.000563 e. The molecule has 0 aliphatic carbocycles. The standard InChI is InChI=1S/C14H22S/c1-9-7-10(2)12(4)13(11(9)3)14(5,6)8-15/h7,15H,8H2,1-6H3. The molecule has 0 unspecified atom stereocenters. The van der Waals surface area contributed by atoms with E-state index in [0.717, 1.165) is 5.75 Å². The Morgan fingerprint density at radius 1 is 1.00 bits per heavy atom. The van der Waals surface area contributed by atoms with Crippen LogP contribution in [0.1, 0.15) is 41.7 Å². The molecule has 0 saturated heterocycles. The van der Waals surface area contributed by atoms with Crippen molar-refractivity contribution in [1.29, 1.82) is 0 Å². The first-order valence-electron chi connectivity index (χ1n) is 5.50. The molecule has 84 valence electrons. The Bertz CT molecular complexity index is 349. The predicted molar refractivity (Wildman–Crippen MR) is 72.3 cm³/mol. The van der Waals surface area contributed by atoms with E-state index in [1.54, 1.807) is 0 Å². The molecule has 0 saturated carbocycles. The minimum absolute atomic E-state index is 0.161. The van der Waals surface area contributed by atoms with Crippen LogP contribution in [0.25, 0.3) is 0 Å². The summed E-state index contributed by atoms with van der Waals surface area (Å²) in [5.41, 5.74) is 7.28. The van der Waals surface area contributed by atoms with E-state index in [4.69, 9.17) is 0 Å². The van der Waals surface area contributed by atoms with Gasteiger partial charge in [0.1, 0.15) is 0 Å². The van der Waals surface area contributed by atoms with Crippen LogP contribution in [0.15, 0.2) is 6.07 Å². The molecule has 0 N–H and O–H groups in total. The summed E-state index contributed by atoms with van der Waals surface area (Å²) in [5.74, 6) is 0.886. The minimum atomic E-state index is 0.161. The summed E-state index contributed by atoms with van der Waals surface area (Å²) in [4.78, 5) is 0. The van der Waals surface area contributed by atoms with Crippen molar-refractivity contribution >= 4 is 12.6 Å². The molecular weight excluding hydrogens is 200 g/mol. The Balaban J connectivity index is 3.53. The van der Waals surface area contributed by atoms with Gasteiger partial charge in [0, 0.05) is 0 Å². The van der Waals surface area contributed by atoms with Crippen molar-refractivity contribution in [2.75, 3.05) is 5.75 Å². The summed E-state index contributed by atoms with van der Waals surface area (Å²) in [5, 5.41) is 0. The first kappa shape index (κ1) is 12.6. The van der Waals surface area contributed by atoms with Crippen LogP contribution in [0.4, 0.5) is 0 Å². The topological polar surface area (TPSA) is 0 Å². The molecule has 1 aromatic carbocycles.